The van der Waals surface area contributed by atoms with E-state index in [9.17, 15) is 23.5 Å². The van der Waals surface area contributed by atoms with E-state index in [4.69, 9.17) is 10.00 Å². The van der Waals surface area contributed by atoms with Crippen LogP contribution in [0.5, 0.6) is 5.75 Å². The van der Waals surface area contributed by atoms with Gasteiger partial charge in [0.05, 0.1) is 24.0 Å². The Hall–Kier alpha value is -5.13. The minimum Gasteiger partial charge on any atom is -0.476 e. The van der Waals surface area contributed by atoms with E-state index in [2.05, 4.69) is 31.2 Å². The number of carbonyl (C=O) groups excluding carboxylic acids is 2. The first-order valence-corrected chi connectivity index (χ1v) is 13.9. The maximum atomic E-state index is 14.9. The van der Waals surface area contributed by atoms with Gasteiger partial charge >= 0.3 is 0 Å². The topological polar surface area (TPSA) is 166 Å². The largest absolute Gasteiger partial charge is 0.476 e. The van der Waals surface area contributed by atoms with Crippen LogP contribution in [0.25, 0.3) is 16.9 Å². The van der Waals surface area contributed by atoms with E-state index in [1.165, 1.54) is 24.5 Å². The number of nitriles is 1. The highest BCUT2D eigenvalue weighted by atomic mass is 19.2. The van der Waals surface area contributed by atoms with Crippen molar-refractivity contribution < 1.29 is 28.2 Å². The fraction of sp³-hybridized carbons (Fsp3) is 0.300. The molecule has 228 valence electrons. The van der Waals surface area contributed by atoms with Crippen molar-refractivity contribution in [1.29, 1.82) is 5.26 Å². The molecule has 0 radical (unpaired) electrons. The summed E-state index contributed by atoms with van der Waals surface area (Å²) in [6.07, 6.45) is 4.88. The third kappa shape index (κ3) is 6.59. The summed E-state index contributed by atoms with van der Waals surface area (Å²) in [6.45, 7) is 2.55. The van der Waals surface area contributed by atoms with Crippen LogP contribution in [0.1, 0.15) is 28.8 Å². The highest BCUT2D eigenvalue weighted by Crippen LogP contribution is 2.32. The van der Waals surface area contributed by atoms with Gasteiger partial charge in [0.15, 0.2) is 29.6 Å². The number of hydrogen-bond donors (Lipinski definition) is 5. The first kappa shape index (κ1) is 30.3. The number of aliphatic hydroxyl groups is 1. The lowest BCUT2D eigenvalue weighted by atomic mass is 10.1. The van der Waals surface area contributed by atoms with Crippen molar-refractivity contribution >= 4 is 29.0 Å². The maximum Gasteiger partial charge on any atom is 0.251 e. The van der Waals surface area contributed by atoms with Crippen molar-refractivity contribution in [2.24, 2.45) is 0 Å². The molecule has 44 heavy (non-hydrogen) atoms. The number of benzene rings is 2. The molecule has 14 heteroatoms. The van der Waals surface area contributed by atoms with E-state index in [-0.39, 0.29) is 28.8 Å². The summed E-state index contributed by atoms with van der Waals surface area (Å²) in [5, 5.41) is 30.0. The number of nitrogens with one attached hydrogen (secondary N) is 4. The van der Waals surface area contributed by atoms with Gasteiger partial charge in [-0.1, -0.05) is 0 Å². The van der Waals surface area contributed by atoms with Crippen LogP contribution >= 0.6 is 0 Å². The molecule has 0 spiro atoms. The Labute approximate surface area is 251 Å². The lowest BCUT2D eigenvalue weighted by molar-refractivity contribution is -0.122. The zero-order chi connectivity index (χ0) is 31.2. The number of imidazole rings is 1. The second-order valence-corrected chi connectivity index (χ2v) is 10.2. The number of ether oxygens (including phenoxy) is 1. The number of nitrogens with zero attached hydrogens (tertiary/aromatic N) is 4. The Morgan fingerprint density at radius 3 is 2.75 bits per heavy atom. The van der Waals surface area contributed by atoms with Crippen molar-refractivity contribution in [3.63, 3.8) is 0 Å². The van der Waals surface area contributed by atoms with Crippen LogP contribution in [0, 0.1) is 29.9 Å². The number of β-amino-alcohol motifs (C(OH)–C–C–N with tert-alkyl or cyclic N) is 1. The molecular formula is C30H30F2N8O4. The van der Waals surface area contributed by atoms with E-state index in [1.807, 2.05) is 0 Å². The van der Waals surface area contributed by atoms with E-state index in [0.29, 0.717) is 60.8 Å². The van der Waals surface area contributed by atoms with Crippen LogP contribution in [-0.4, -0.2) is 69.7 Å². The summed E-state index contributed by atoms with van der Waals surface area (Å²) >= 11 is 0. The van der Waals surface area contributed by atoms with Gasteiger partial charge in [0.1, 0.15) is 6.07 Å². The highest BCUT2D eigenvalue weighted by molar-refractivity contribution is 5.96. The minimum absolute atomic E-state index is 0.0456. The highest BCUT2D eigenvalue weighted by Gasteiger charge is 2.27. The summed E-state index contributed by atoms with van der Waals surface area (Å²) in [6, 6.07) is 9.10. The van der Waals surface area contributed by atoms with Crippen LogP contribution in [0.2, 0.25) is 0 Å². The molecule has 12 nitrogen and oxygen atoms in total. The number of aryl methyl sites for hydroxylation is 1. The van der Waals surface area contributed by atoms with Gasteiger partial charge in [-0.15, -0.1) is 0 Å². The fourth-order valence-corrected chi connectivity index (χ4v) is 4.93. The average Bonchev–Trinajstić information content (AvgIpc) is 3.65. The Bertz CT molecular complexity index is 1740. The van der Waals surface area contributed by atoms with Crippen LogP contribution < -0.4 is 26.0 Å². The average molecular weight is 605 g/mol. The number of aliphatic hydroxyl groups excluding tert-OH is 1. The molecule has 5 N–H and O–H groups in total. The quantitative estimate of drug-likeness (QED) is 0.162. The number of halogens is 2. The van der Waals surface area contributed by atoms with Gasteiger partial charge in [0.2, 0.25) is 11.7 Å². The third-order valence-electron chi connectivity index (χ3n) is 7.14. The molecule has 2 aromatic carbocycles. The first-order chi connectivity index (χ1) is 21.3. The van der Waals surface area contributed by atoms with Crippen molar-refractivity contribution in [1.82, 2.24) is 30.3 Å². The predicted octanol–water partition coefficient (Wildman–Crippen LogP) is 2.59. The number of anilines is 2. The standard InChI is InChI=1S/C30H30F2N8O4/c1-17-13-18(3-4-20(17)29(42)35-8-2-9-36-30(43)22-14-19(41)15-37-22)39-27-28-38-16-23(40(28)11-10-34-27)21-5-6-24(44-12-7-33)26(32)25(21)31/h3-6,10-11,13,16,19,22,37,41H,2,8-9,12,14-15H2,1H3,(H,34,39)(H,35,42)(H,36,43)/t19?,22-/m0/s1. The molecule has 2 amide bonds. The number of carbonyl (C=O) groups is 2. The van der Waals surface area contributed by atoms with Gasteiger partial charge < -0.3 is 31.1 Å². The van der Waals surface area contributed by atoms with Gasteiger partial charge in [-0.25, -0.2) is 14.4 Å². The Morgan fingerprint density at radius 2 is 2.00 bits per heavy atom. The first-order valence-electron chi connectivity index (χ1n) is 13.9. The molecule has 1 saturated heterocycles. The summed E-state index contributed by atoms with van der Waals surface area (Å²) in [5.74, 6) is -2.76. The van der Waals surface area contributed by atoms with Gasteiger partial charge in [0.25, 0.3) is 5.91 Å². The lowest BCUT2D eigenvalue weighted by Crippen LogP contribution is -2.41. The molecule has 0 bridgehead atoms. The van der Waals surface area contributed by atoms with Crippen LogP contribution in [-0.2, 0) is 4.79 Å². The predicted molar refractivity (Wildman–Crippen MR) is 156 cm³/mol. The minimum atomic E-state index is -1.20. The molecule has 2 atom stereocenters. The van der Waals surface area contributed by atoms with Crippen molar-refractivity contribution in [2.75, 3.05) is 31.6 Å². The summed E-state index contributed by atoms with van der Waals surface area (Å²) in [5.41, 5.74) is 2.42. The summed E-state index contributed by atoms with van der Waals surface area (Å²) in [7, 11) is 0. The Kier molecular flexibility index (Phi) is 9.27. The fourth-order valence-electron chi connectivity index (χ4n) is 4.93. The smallest absolute Gasteiger partial charge is 0.251 e. The van der Waals surface area contributed by atoms with E-state index < -0.39 is 30.4 Å². The summed E-state index contributed by atoms with van der Waals surface area (Å²) in [4.78, 5) is 33.5. The van der Waals surface area contributed by atoms with Crippen LogP contribution in [0.3, 0.4) is 0 Å². The van der Waals surface area contributed by atoms with E-state index >= 15 is 0 Å². The molecule has 0 aliphatic carbocycles. The molecule has 4 aromatic rings. The van der Waals surface area contributed by atoms with Gasteiger partial charge in [0, 0.05) is 48.8 Å². The van der Waals surface area contributed by atoms with E-state index in [0.717, 1.165) is 0 Å². The molecule has 1 unspecified atom stereocenters. The zero-order valence-electron chi connectivity index (χ0n) is 23.7. The number of hydrogen-bond acceptors (Lipinski definition) is 9. The number of amides is 2. The van der Waals surface area contributed by atoms with Crippen molar-refractivity contribution in [3.8, 4) is 23.1 Å². The zero-order valence-corrected chi connectivity index (χ0v) is 23.7. The van der Waals surface area contributed by atoms with Crippen LogP contribution in [0.15, 0.2) is 48.9 Å². The molecular weight excluding hydrogens is 574 g/mol. The number of fused-ring (bicyclic) bond motifs is 1. The molecule has 1 aliphatic heterocycles. The van der Waals surface area contributed by atoms with Crippen molar-refractivity contribution in [2.45, 2.75) is 31.9 Å². The molecule has 0 saturated carbocycles. The number of aromatic nitrogens is 3. The number of rotatable bonds is 11. The van der Waals surface area contributed by atoms with Crippen LogP contribution in [0.4, 0.5) is 20.3 Å². The normalized spacial score (nSPS) is 16.0. The summed E-state index contributed by atoms with van der Waals surface area (Å²) < 4.78 is 36.0. The lowest BCUT2D eigenvalue weighted by Gasteiger charge is -2.13. The molecule has 5 rings (SSSR count). The SMILES string of the molecule is Cc1cc(Nc2nccn3c(-c4ccc(OCC#N)c(F)c4F)cnc23)ccc1C(=O)NCCCNC(=O)[C@@H]1CC(O)CN1. The third-order valence-corrected chi connectivity index (χ3v) is 7.14. The van der Waals surface area contributed by atoms with Crippen molar-refractivity contribution in [3.05, 3.63) is 71.7 Å². The molecule has 1 aliphatic rings. The Morgan fingerprint density at radius 1 is 1.18 bits per heavy atom. The van der Waals surface area contributed by atoms with Gasteiger partial charge in [-0.2, -0.15) is 9.65 Å². The van der Waals surface area contributed by atoms with E-state index in [1.54, 1.807) is 41.8 Å². The molecule has 2 aromatic heterocycles. The van der Waals surface area contributed by atoms with Gasteiger partial charge in [-0.3, -0.25) is 14.0 Å². The molecule has 1 fully saturated rings. The van der Waals surface area contributed by atoms with Gasteiger partial charge in [-0.05, 0) is 55.7 Å². The molecule has 3 heterocycles. The maximum absolute atomic E-state index is 14.9. The second kappa shape index (κ2) is 13.4. The second-order valence-electron chi connectivity index (χ2n) is 10.2. The monoisotopic (exact) mass is 604 g/mol. The Balaban J connectivity index is 1.21.